The van der Waals surface area contributed by atoms with Gasteiger partial charge in [0.05, 0.1) is 33.2 Å². The number of nitrogens with one attached hydrogen (secondary N) is 1. The first-order valence-electron chi connectivity index (χ1n) is 8.74. The summed E-state index contributed by atoms with van der Waals surface area (Å²) >= 11 is 6.17. The molecule has 1 heterocycles. The molecule has 0 spiro atoms. The SMILES string of the molecule is CC[C@@H](C)Oc1c(Cl)cc(C=Nn2c(=O)[nH]c3ccccc3c2=O)cc1[N+](=O)[O-]. The highest BCUT2D eigenvalue weighted by Crippen LogP contribution is 2.36. The van der Waals surface area contributed by atoms with Crippen molar-refractivity contribution in [1.29, 1.82) is 0 Å². The minimum atomic E-state index is -0.734. The van der Waals surface area contributed by atoms with E-state index < -0.39 is 16.2 Å². The van der Waals surface area contributed by atoms with Gasteiger partial charge in [-0.1, -0.05) is 30.7 Å². The van der Waals surface area contributed by atoms with Gasteiger partial charge >= 0.3 is 11.4 Å². The largest absolute Gasteiger partial charge is 0.483 e. The van der Waals surface area contributed by atoms with Crippen LogP contribution in [0.25, 0.3) is 10.9 Å². The van der Waals surface area contributed by atoms with Crippen LogP contribution in [0.3, 0.4) is 0 Å². The summed E-state index contributed by atoms with van der Waals surface area (Å²) in [5.74, 6) is -0.0381. The summed E-state index contributed by atoms with van der Waals surface area (Å²) < 4.78 is 6.21. The Balaban J connectivity index is 2.06. The zero-order valence-corrected chi connectivity index (χ0v) is 16.3. The van der Waals surface area contributed by atoms with Gasteiger partial charge in [0.2, 0.25) is 5.75 Å². The number of hydrogen-bond acceptors (Lipinski definition) is 6. The van der Waals surface area contributed by atoms with Crippen molar-refractivity contribution in [3.8, 4) is 5.75 Å². The van der Waals surface area contributed by atoms with Crippen LogP contribution in [0.4, 0.5) is 5.69 Å². The maximum absolute atomic E-state index is 12.5. The Morgan fingerprint density at radius 2 is 2.07 bits per heavy atom. The van der Waals surface area contributed by atoms with Gasteiger partial charge in [-0.05, 0) is 31.5 Å². The number of fused-ring (bicyclic) bond motifs is 1. The lowest BCUT2D eigenvalue weighted by Crippen LogP contribution is -2.32. The van der Waals surface area contributed by atoms with Crippen LogP contribution in [0, 0.1) is 10.1 Å². The van der Waals surface area contributed by atoms with Crippen LogP contribution in [-0.2, 0) is 0 Å². The highest BCUT2D eigenvalue weighted by molar-refractivity contribution is 6.32. The van der Waals surface area contributed by atoms with Gasteiger partial charge in [0, 0.05) is 11.6 Å². The Bertz CT molecular complexity index is 1230. The van der Waals surface area contributed by atoms with Crippen molar-refractivity contribution in [3.63, 3.8) is 0 Å². The molecule has 0 radical (unpaired) electrons. The maximum atomic E-state index is 12.5. The number of nitro benzene ring substituents is 1. The van der Waals surface area contributed by atoms with Gasteiger partial charge in [0.25, 0.3) is 5.56 Å². The number of hydrogen-bond donors (Lipinski definition) is 1. The second-order valence-corrected chi connectivity index (χ2v) is 6.69. The minimum Gasteiger partial charge on any atom is -0.483 e. The smallest absolute Gasteiger partial charge is 0.349 e. The second kappa shape index (κ2) is 8.27. The van der Waals surface area contributed by atoms with E-state index in [0.717, 1.165) is 6.21 Å². The van der Waals surface area contributed by atoms with Crippen LogP contribution in [-0.4, -0.2) is 26.9 Å². The topological polar surface area (TPSA) is 120 Å². The van der Waals surface area contributed by atoms with Crippen LogP contribution in [0.1, 0.15) is 25.8 Å². The number of nitrogens with zero attached hydrogens (tertiary/aromatic N) is 3. The average Bonchev–Trinajstić information content (AvgIpc) is 2.69. The number of aromatic amines is 1. The molecule has 0 aliphatic heterocycles. The van der Waals surface area contributed by atoms with Gasteiger partial charge in [0.1, 0.15) is 0 Å². The first-order chi connectivity index (χ1) is 13.8. The third-order valence-corrected chi connectivity index (χ3v) is 4.52. The van der Waals surface area contributed by atoms with E-state index in [-0.39, 0.29) is 33.5 Å². The van der Waals surface area contributed by atoms with Crippen LogP contribution in [0.15, 0.2) is 51.1 Å². The van der Waals surface area contributed by atoms with E-state index in [1.807, 2.05) is 6.92 Å². The van der Waals surface area contributed by atoms with Crippen molar-refractivity contribution in [2.24, 2.45) is 5.10 Å². The predicted molar refractivity (Wildman–Crippen MR) is 110 cm³/mol. The molecule has 29 heavy (non-hydrogen) atoms. The summed E-state index contributed by atoms with van der Waals surface area (Å²) in [6, 6.07) is 9.14. The minimum absolute atomic E-state index is 0.0284. The normalized spacial score (nSPS) is 12.4. The molecule has 1 aromatic heterocycles. The van der Waals surface area contributed by atoms with E-state index in [1.54, 1.807) is 31.2 Å². The first kappa shape index (κ1) is 20.3. The number of benzene rings is 2. The van der Waals surface area contributed by atoms with Crippen LogP contribution in [0.5, 0.6) is 5.75 Å². The number of para-hydroxylation sites is 1. The molecule has 0 amide bonds. The quantitative estimate of drug-likeness (QED) is 0.375. The summed E-state index contributed by atoms with van der Waals surface area (Å²) in [4.78, 5) is 38.0. The molecular formula is C19H17ClN4O5. The van der Waals surface area contributed by atoms with Crippen molar-refractivity contribution in [1.82, 2.24) is 9.66 Å². The molecule has 150 valence electrons. The standard InChI is InChI=1S/C19H17ClN4O5/c1-3-11(2)29-17-14(20)8-12(9-16(17)24(27)28)10-21-23-18(25)13-6-4-5-7-15(13)22-19(23)26/h4-11H,3H2,1-2H3,(H,22,26)/t11-/m1/s1. The zero-order chi connectivity index (χ0) is 21.1. The van der Waals surface area contributed by atoms with E-state index in [9.17, 15) is 19.7 Å². The van der Waals surface area contributed by atoms with Gasteiger partial charge in [0.15, 0.2) is 0 Å². The van der Waals surface area contributed by atoms with E-state index in [0.29, 0.717) is 16.6 Å². The fourth-order valence-corrected chi connectivity index (χ4v) is 2.86. The van der Waals surface area contributed by atoms with Gasteiger partial charge in [-0.2, -0.15) is 5.10 Å². The molecular weight excluding hydrogens is 400 g/mol. The molecule has 10 heteroatoms. The van der Waals surface area contributed by atoms with Crippen LogP contribution < -0.4 is 16.0 Å². The van der Waals surface area contributed by atoms with E-state index >= 15 is 0 Å². The monoisotopic (exact) mass is 416 g/mol. The molecule has 2 aromatic carbocycles. The Labute approximate surface area is 169 Å². The Morgan fingerprint density at radius 1 is 1.34 bits per heavy atom. The summed E-state index contributed by atoms with van der Waals surface area (Å²) in [5.41, 5.74) is -1.06. The number of H-pyrrole nitrogens is 1. The van der Waals surface area contributed by atoms with Crippen molar-refractivity contribution in [2.75, 3.05) is 0 Å². The molecule has 3 rings (SSSR count). The molecule has 0 bridgehead atoms. The highest BCUT2D eigenvalue weighted by Gasteiger charge is 2.22. The van der Waals surface area contributed by atoms with E-state index in [4.69, 9.17) is 16.3 Å². The average molecular weight is 417 g/mol. The number of ether oxygens (including phenoxy) is 1. The molecule has 1 atom stereocenters. The zero-order valence-electron chi connectivity index (χ0n) is 15.6. The molecule has 0 saturated carbocycles. The summed E-state index contributed by atoms with van der Waals surface area (Å²) in [6.45, 7) is 3.65. The maximum Gasteiger partial charge on any atom is 0.349 e. The Morgan fingerprint density at radius 3 is 2.76 bits per heavy atom. The fourth-order valence-electron chi connectivity index (χ4n) is 2.59. The van der Waals surface area contributed by atoms with Gasteiger partial charge in [-0.3, -0.25) is 14.9 Å². The van der Waals surface area contributed by atoms with Crippen molar-refractivity contribution in [2.45, 2.75) is 26.4 Å². The fraction of sp³-hybridized carbons (Fsp3) is 0.211. The molecule has 0 unspecified atom stereocenters. The lowest BCUT2D eigenvalue weighted by atomic mass is 10.2. The first-order valence-corrected chi connectivity index (χ1v) is 9.12. The number of aromatic nitrogens is 2. The Kier molecular flexibility index (Phi) is 5.79. The molecule has 0 aliphatic carbocycles. The number of halogens is 1. The van der Waals surface area contributed by atoms with Crippen molar-refractivity contribution >= 4 is 34.4 Å². The van der Waals surface area contributed by atoms with Crippen molar-refractivity contribution in [3.05, 3.63) is 77.9 Å². The number of rotatable bonds is 6. The van der Waals surface area contributed by atoms with E-state index in [1.165, 1.54) is 12.1 Å². The summed E-state index contributed by atoms with van der Waals surface area (Å²) in [6.07, 6.45) is 1.53. The van der Waals surface area contributed by atoms with Crippen molar-refractivity contribution < 1.29 is 9.66 Å². The summed E-state index contributed by atoms with van der Waals surface area (Å²) in [7, 11) is 0. The van der Waals surface area contributed by atoms with Gasteiger partial charge < -0.3 is 9.72 Å². The third-order valence-electron chi connectivity index (χ3n) is 4.24. The van der Waals surface area contributed by atoms with Gasteiger partial charge in [-0.25, -0.2) is 4.79 Å². The van der Waals surface area contributed by atoms with Crippen LogP contribution in [0.2, 0.25) is 5.02 Å². The number of nitro groups is 1. The second-order valence-electron chi connectivity index (χ2n) is 6.28. The molecule has 9 nitrogen and oxygen atoms in total. The molecule has 3 aromatic rings. The highest BCUT2D eigenvalue weighted by atomic mass is 35.5. The summed E-state index contributed by atoms with van der Waals surface area (Å²) in [5, 5.41) is 15.6. The lowest BCUT2D eigenvalue weighted by molar-refractivity contribution is -0.386. The molecule has 0 aliphatic rings. The molecule has 0 fully saturated rings. The van der Waals surface area contributed by atoms with Gasteiger partial charge in [-0.15, -0.1) is 4.68 Å². The lowest BCUT2D eigenvalue weighted by Gasteiger charge is -2.14. The predicted octanol–water partition coefficient (Wildman–Crippen LogP) is 3.31. The molecule has 0 saturated heterocycles. The van der Waals surface area contributed by atoms with Crippen LogP contribution >= 0.6 is 11.6 Å². The Hall–Kier alpha value is -3.46. The third kappa shape index (κ3) is 4.19. The molecule has 1 N–H and O–H groups in total. The van der Waals surface area contributed by atoms with E-state index in [2.05, 4.69) is 10.1 Å².